The van der Waals surface area contributed by atoms with Crippen LogP contribution < -0.4 is 0 Å². The van der Waals surface area contributed by atoms with Gasteiger partial charge in [0.2, 0.25) is 0 Å². The van der Waals surface area contributed by atoms with Crippen molar-refractivity contribution in [2.75, 3.05) is 6.61 Å². The number of aliphatic hydroxyl groups is 1. The molecule has 0 spiro atoms. The Morgan fingerprint density at radius 2 is 2.20 bits per heavy atom. The van der Waals surface area contributed by atoms with E-state index in [1.54, 1.807) is 0 Å². The second-order valence-corrected chi connectivity index (χ2v) is 5.49. The molecule has 0 amide bonds. The summed E-state index contributed by atoms with van der Waals surface area (Å²) < 4.78 is 0.943. The number of hydrogen-bond acceptors (Lipinski definition) is 3. The van der Waals surface area contributed by atoms with Gasteiger partial charge in [-0.25, -0.2) is 9.97 Å². The first-order valence-electron chi connectivity index (χ1n) is 5.39. The Bertz CT molecular complexity index is 400. The molecule has 0 unspecified atom stereocenters. The molecule has 4 heteroatoms. The number of nitrogens with zero attached hydrogens (tertiary/aromatic N) is 2. The SMILES string of the molecule is OCC1(c2nc(C3CC3)ncc2Br)CC1. The maximum Gasteiger partial charge on any atom is 0.131 e. The molecular weight excluding hydrogens is 256 g/mol. The summed E-state index contributed by atoms with van der Waals surface area (Å²) in [7, 11) is 0. The lowest BCUT2D eigenvalue weighted by Gasteiger charge is -2.13. The van der Waals surface area contributed by atoms with Gasteiger partial charge in [-0.3, -0.25) is 0 Å². The largest absolute Gasteiger partial charge is 0.395 e. The van der Waals surface area contributed by atoms with Crippen molar-refractivity contribution < 1.29 is 5.11 Å². The van der Waals surface area contributed by atoms with E-state index in [4.69, 9.17) is 0 Å². The molecule has 1 N–H and O–H groups in total. The van der Waals surface area contributed by atoms with Gasteiger partial charge in [-0.05, 0) is 41.6 Å². The maximum absolute atomic E-state index is 9.40. The highest BCUT2D eigenvalue weighted by molar-refractivity contribution is 9.10. The minimum absolute atomic E-state index is 0.0641. The summed E-state index contributed by atoms with van der Waals surface area (Å²) in [6.07, 6.45) is 6.36. The van der Waals surface area contributed by atoms with Gasteiger partial charge in [0.05, 0.1) is 16.8 Å². The van der Waals surface area contributed by atoms with Gasteiger partial charge in [-0.1, -0.05) is 0 Å². The second kappa shape index (κ2) is 3.25. The third-order valence-corrected chi connectivity index (χ3v) is 3.94. The Hall–Kier alpha value is -0.480. The summed E-state index contributed by atoms with van der Waals surface area (Å²) in [5.41, 5.74) is 0.952. The summed E-state index contributed by atoms with van der Waals surface area (Å²) in [4.78, 5) is 8.96. The summed E-state index contributed by atoms with van der Waals surface area (Å²) >= 11 is 3.48. The van der Waals surface area contributed by atoms with E-state index in [0.29, 0.717) is 5.92 Å². The van der Waals surface area contributed by atoms with Gasteiger partial charge < -0.3 is 5.11 Å². The Kier molecular flexibility index (Phi) is 2.11. The monoisotopic (exact) mass is 268 g/mol. The third kappa shape index (κ3) is 1.60. The zero-order valence-corrected chi connectivity index (χ0v) is 10.00. The van der Waals surface area contributed by atoms with E-state index in [1.165, 1.54) is 12.8 Å². The quantitative estimate of drug-likeness (QED) is 0.914. The minimum Gasteiger partial charge on any atom is -0.395 e. The molecule has 80 valence electrons. The fourth-order valence-corrected chi connectivity index (χ4v) is 2.52. The second-order valence-electron chi connectivity index (χ2n) is 4.64. The zero-order chi connectivity index (χ0) is 10.5. The molecular formula is C11H13BrN2O. The van der Waals surface area contributed by atoms with Crippen LogP contribution in [0.1, 0.15) is 43.1 Å². The zero-order valence-electron chi connectivity index (χ0n) is 8.41. The van der Waals surface area contributed by atoms with Crippen LogP contribution in [-0.4, -0.2) is 21.7 Å². The first-order valence-corrected chi connectivity index (χ1v) is 6.18. The molecule has 0 saturated heterocycles. The van der Waals surface area contributed by atoms with Gasteiger partial charge in [0, 0.05) is 17.5 Å². The number of aliphatic hydroxyl groups excluding tert-OH is 1. The highest BCUT2D eigenvalue weighted by Crippen LogP contribution is 2.49. The van der Waals surface area contributed by atoms with E-state index in [1.807, 2.05) is 6.20 Å². The molecule has 2 aliphatic carbocycles. The van der Waals surface area contributed by atoms with E-state index in [9.17, 15) is 5.11 Å². The number of hydrogen-bond donors (Lipinski definition) is 1. The molecule has 0 aromatic carbocycles. The van der Waals surface area contributed by atoms with Crippen molar-refractivity contribution >= 4 is 15.9 Å². The summed E-state index contributed by atoms with van der Waals surface area (Å²) in [6.45, 7) is 0.201. The maximum atomic E-state index is 9.40. The predicted octanol–water partition coefficient (Wildman–Crippen LogP) is 2.14. The highest BCUT2D eigenvalue weighted by Gasteiger charge is 2.47. The minimum atomic E-state index is -0.0641. The molecule has 15 heavy (non-hydrogen) atoms. The van der Waals surface area contributed by atoms with Crippen molar-refractivity contribution in [3.05, 3.63) is 22.2 Å². The van der Waals surface area contributed by atoms with Crippen LogP contribution in [-0.2, 0) is 5.41 Å². The van der Waals surface area contributed by atoms with Crippen molar-refractivity contribution in [1.29, 1.82) is 0 Å². The molecule has 3 nitrogen and oxygen atoms in total. The molecule has 2 saturated carbocycles. The predicted molar refractivity (Wildman–Crippen MR) is 59.7 cm³/mol. The highest BCUT2D eigenvalue weighted by atomic mass is 79.9. The van der Waals surface area contributed by atoms with E-state index in [-0.39, 0.29) is 12.0 Å². The Morgan fingerprint density at radius 3 is 2.73 bits per heavy atom. The van der Waals surface area contributed by atoms with Crippen LogP contribution >= 0.6 is 15.9 Å². The molecule has 0 radical (unpaired) electrons. The van der Waals surface area contributed by atoms with E-state index >= 15 is 0 Å². The van der Waals surface area contributed by atoms with E-state index in [0.717, 1.165) is 28.8 Å². The van der Waals surface area contributed by atoms with Crippen molar-refractivity contribution in [1.82, 2.24) is 9.97 Å². The van der Waals surface area contributed by atoms with Crippen molar-refractivity contribution in [3.8, 4) is 0 Å². The smallest absolute Gasteiger partial charge is 0.131 e. The van der Waals surface area contributed by atoms with Crippen LogP contribution in [0.5, 0.6) is 0 Å². The average Bonchev–Trinajstić information content (AvgIpc) is 3.13. The first-order chi connectivity index (χ1) is 7.25. The Balaban J connectivity index is 2.01. The van der Waals surface area contributed by atoms with Gasteiger partial charge >= 0.3 is 0 Å². The summed E-state index contributed by atoms with van der Waals surface area (Å²) in [5, 5.41) is 9.40. The van der Waals surface area contributed by atoms with Gasteiger partial charge in [-0.2, -0.15) is 0 Å². The first kappa shape index (κ1) is 9.73. The lowest BCUT2D eigenvalue weighted by Crippen LogP contribution is -2.16. The van der Waals surface area contributed by atoms with Crippen LogP contribution in [0.4, 0.5) is 0 Å². The van der Waals surface area contributed by atoms with E-state index in [2.05, 4.69) is 25.9 Å². The van der Waals surface area contributed by atoms with Crippen LogP contribution in [0.2, 0.25) is 0 Å². The van der Waals surface area contributed by atoms with Gasteiger partial charge in [0.15, 0.2) is 0 Å². The third-order valence-electron chi connectivity index (χ3n) is 3.36. The Morgan fingerprint density at radius 1 is 1.47 bits per heavy atom. The van der Waals surface area contributed by atoms with Crippen LogP contribution in [0.15, 0.2) is 10.7 Å². The molecule has 1 heterocycles. The van der Waals surface area contributed by atoms with Gasteiger partial charge in [-0.15, -0.1) is 0 Å². The van der Waals surface area contributed by atoms with Crippen LogP contribution in [0.3, 0.4) is 0 Å². The molecule has 0 aliphatic heterocycles. The number of aromatic nitrogens is 2. The van der Waals surface area contributed by atoms with Gasteiger partial charge in [0.25, 0.3) is 0 Å². The molecule has 2 fully saturated rings. The summed E-state index contributed by atoms with van der Waals surface area (Å²) in [5.74, 6) is 1.54. The van der Waals surface area contributed by atoms with Crippen LogP contribution in [0, 0.1) is 0 Å². The number of rotatable bonds is 3. The summed E-state index contributed by atoms with van der Waals surface area (Å²) in [6, 6.07) is 0. The topological polar surface area (TPSA) is 46.0 Å². The molecule has 2 aliphatic rings. The van der Waals surface area contributed by atoms with Gasteiger partial charge in [0.1, 0.15) is 5.82 Å². The average molecular weight is 269 g/mol. The van der Waals surface area contributed by atoms with E-state index < -0.39 is 0 Å². The lowest BCUT2D eigenvalue weighted by molar-refractivity contribution is 0.252. The lowest BCUT2D eigenvalue weighted by atomic mass is 10.0. The van der Waals surface area contributed by atoms with Crippen molar-refractivity contribution in [2.24, 2.45) is 0 Å². The van der Waals surface area contributed by atoms with Crippen molar-refractivity contribution in [2.45, 2.75) is 37.0 Å². The fraction of sp³-hybridized carbons (Fsp3) is 0.636. The molecule has 0 atom stereocenters. The Labute approximate surface area is 97.1 Å². The molecule has 3 rings (SSSR count). The normalized spacial score (nSPS) is 22.8. The fourth-order valence-electron chi connectivity index (χ4n) is 1.91. The van der Waals surface area contributed by atoms with Crippen LogP contribution in [0.25, 0.3) is 0 Å². The molecule has 1 aromatic rings. The molecule has 1 aromatic heterocycles. The number of halogens is 1. The van der Waals surface area contributed by atoms with Crippen molar-refractivity contribution in [3.63, 3.8) is 0 Å². The molecule has 0 bridgehead atoms. The standard InChI is InChI=1S/C11H13BrN2O/c12-8-5-13-10(7-1-2-7)14-9(8)11(6-15)3-4-11/h5,7,15H,1-4,6H2.